The molecule has 16 atom stereocenters. The van der Waals surface area contributed by atoms with E-state index in [4.69, 9.17) is 0 Å². The van der Waals surface area contributed by atoms with Crippen molar-refractivity contribution in [2.45, 2.75) is 25.7 Å². The van der Waals surface area contributed by atoms with Gasteiger partial charge in [-0.1, -0.05) is 30.3 Å². The maximum Gasteiger partial charge on any atom is 0.143 e. The second kappa shape index (κ2) is 3.81. The molecule has 0 bridgehead atoms. The molecule has 28 heavy (non-hydrogen) atoms. The molecule has 10 rings (SSSR count). The van der Waals surface area contributed by atoms with Crippen molar-refractivity contribution in [3.63, 3.8) is 0 Å². The van der Waals surface area contributed by atoms with E-state index in [9.17, 15) is 4.79 Å². The predicted molar refractivity (Wildman–Crippen MR) is 104 cm³/mol. The van der Waals surface area contributed by atoms with E-state index < -0.39 is 0 Å². The lowest BCUT2D eigenvalue weighted by atomic mass is 9.61. The zero-order valence-corrected chi connectivity index (χ0v) is 16.3. The molecule has 0 N–H and O–H groups in total. The minimum absolute atomic E-state index is 0.0612. The number of carbonyl (C=O) groups is 1. The number of hydrogen-bond acceptors (Lipinski definition) is 1. The third kappa shape index (κ3) is 1.01. The number of rotatable bonds is 2. The normalized spacial score (nSPS) is 71.1. The van der Waals surface area contributed by atoms with Gasteiger partial charge in [0.25, 0.3) is 0 Å². The van der Waals surface area contributed by atoms with Crippen LogP contribution in [-0.4, -0.2) is 5.78 Å². The summed E-state index contributed by atoms with van der Waals surface area (Å²) in [5.74, 6) is 15.0. The Balaban J connectivity index is 1.29. The summed E-state index contributed by atoms with van der Waals surface area (Å²) < 4.78 is 0. The molecule has 0 unspecified atom stereocenters. The first-order valence-corrected chi connectivity index (χ1v) is 12.4. The third-order valence-corrected chi connectivity index (χ3v) is 13.3. The summed E-state index contributed by atoms with van der Waals surface area (Å²) in [5.41, 5.74) is 1.52. The van der Waals surface area contributed by atoms with Crippen LogP contribution in [-0.2, 0) is 11.2 Å². The molecular weight excluding hydrogens is 340 g/mol. The van der Waals surface area contributed by atoms with E-state index in [1.165, 1.54) is 24.8 Å². The number of benzene rings is 1. The number of ketones is 1. The Labute approximate surface area is 166 Å². The average molecular weight is 369 g/mol. The molecule has 142 valence electrons. The SMILES string of the molecule is O=C1[C@@H]2C[C@@H]3[C@@H]4[C@@H]5CC[C@@H]6[C@@H]5[C@@H]5[C@@H]4[C@@H]4[C@@H]3[C@@H]2[C@@H]2[C@@H]4[C@@H]5[C@H]6[C@]12Cc1ccccc1. The molecule has 0 spiro atoms. The van der Waals surface area contributed by atoms with Gasteiger partial charge in [0.2, 0.25) is 0 Å². The summed E-state index contributed by atoms with van der Waals surface area (Å²) in [4.78, 5) is 14.4. The van der Waals surface area contributed by atoms with Crippen LogP contribution in [0.3, 0.4) is 0 Å². The molecule has 1 heteroatoms. The predicted octanol–water partition coefficient (Wildman–Crippen LogP) is 4.32. The van der Waals surface area contributed by atoms with Crippen LogP contribution in [0.1, 0.15) is 24.8 Å². The van der Waals surface area contributed by atoms with Crippen molar-refractivity contribution < 1.29 is 4.79 Å². The van der Waals surface area contributed by atoms with Crippen molar-refractivity contribution >= 4 is 5.78 Å². The zero-order chi connectivity index (χ0) is 17.7. The van der Waals surface area contributed by atoms with Crippen LogP contribution >= 0.6 is 0 Å². The van der Waals surface area contributed by atoms with Crippen molar-refractivity contribution in [1.82, 2.24) is 0 Å². The van der Waals surface area contributed by atoms with Gasteiger partial charge in [-0.25, -0.2) is 0 Å². The molecule has 0 amide bonds. The molecule has 0 radical (unpaired) electrons. The molecule has 0 heterocycles. The van der Waals surface area contributed by atoms with Gasteiger partial charge in [-0.05, 0) is 114 Å². The molecule has 9 saturated carbocycles. The van der Waals surface area contributed by atoms with E-state index in [1.807, 2.05) is 0 Å². The highest BCUT2D eigenvalue weighted by Crippen LogP contribution is 2.93. The molecule has 1 nitrogen and oxygen atoms in total. The molecule has 9 fully saturated rings. The van der Waals surface area contributed by atoms with Crippen molar-refractivity contribution in [2.24, 2.45) is 94.2 Å². The Kier molecular flexibility index (Phi) is 1.90. The fourth-order valence-electron chi connectivity index (χ4n) is 14.2. The second-order valence-corrected chi connectivity index (χ2v) is 12.7. The van der Waals surface area contributed by atoms with Crippen molar-refractivity contribution in [3.8, 4) is 0 Å². The van der Waals surface area contributed by atoms with Crippen LogP contribution in [0.4, 0.5) is 0 Å². The summed E-state index contributed by atoms with van der Waals surface area (Å²) in [5, 5.41) is 0. The minimum Gasteiger partial charge on any atom is -0.299 e. The lowest BCUT2D eigenvalue weighted by Gasteiger charge is -2.41. The third-order valence-electron chi connectivity index (χ3n) is 13.3. The highest BCUT2D eigenvalue weighted by Gasteiger charge is 2.92. The molecule has 1 aromatic carbocycles. The van der Waals surface area contributed by atoms with Crippen LogP contribution in [0, 0.1) is 94.2 Å². The van der Waals surface area contributed by atoms with Crippen LogP contribution < -0.4 is 0 Å². The molecular formula is C27H28O. The van der Waals surface area contributed by atoms with Crippen molar-refractivity contribution in [3.05, 3.63) is 35.9 Å². The van der Waals surface area contributed by atoms with Gasteiger partial charge in [0.05, 0.1) is 0 Å². The summed E-state index contributed by atoms with van der Waals surface area (Å²) in [6.07, 6.45) is 5.44. The minimum atomic E-state index is 0.0612. The number of carbonyl (C=O) groups excluding carboxylic acids is 1. The summed E-state index contributed by atoms with van der Waals surface area (Å²) in [6, 6.07) is 11.2. The number of Topliss-reactive ketones (excluding diaryl/α,β-unsaturated/α-hetero) is 1. The van der Waals surface area contributed by atoms with Gasteiger partial charge in [-0.2, -0.15) is 0 Å². The first-order valence-electron chi connectivity index (χ1n) is 12.4. The van der Waals surface area contributed by atoms with Crippen LogP contribution in [0.2, 0.25) is 0 Å². The van der Waals surface area contributed by atoms with E-state index in [0.717, 1.165) is 95.1 Å². The van der Waals surface area contributed by atoms with Gasteiger partial charge >= 0.3 is 0 Å². The van der Waals surface area contributed by atoms with Gasteiger partial charge in [-0.3, -0.25) is 4.79 Å². The Morgan fingerprint density at radius 1 is 0.714 bits per heavy atom. The Hall–Kier alpha value is -1.11. The van der Waals surface area contributed by atoms with E-state index in [1.54, 1.807) is 0 Å². The van der Waals surface area contributed by atoms with Crippen molar-refractivity contribution in [2.75, 3.05) is 0 Å². The molecule has 9 aliphatic carbocycles. The van der Waals surface area contributed by atoms with Crippen LogP contribution in [0.5, 0.6) is 0 Å². The number of hydrogen-bond donors (Lipinski definition) is 0. The first kappa shape index (κ1) is 14.0. The van der Waals surface area contributed by atoms with Crippen LogP contribution in [0.15, 0.2) is 30.3 Å². The molecule has 9 aliphatic rings. The van der Waals surface area contributed by atoms with Gasteiger partial charge < -0.3 is 0 Å². The standard InChI is InChI=1S/C27H28O/c28-26-14-8-13-16-11-6-7-12-15(11)20-19(16)21-17(13)18(14)25-23(21)22(20)24(12)27(25,26)9-10-4-2-1-3-5-10/h1-5,11-25H,6-9H2/t11-,12-,13-,14-,15-,16+,17+,18-,19-,20-,21+,22-,23+,24+,25-,27+/m1/s1. The maximum absolute atomic E-state index is 14.4. The van der Waals surface area contributed by atoms with Gasteiger partial charge in [0.15, 0.2) is 0 Å². The largest absolute Gasteiger partial charge is 0.299 e. The molecule has 0 aliphatic heterocycles. The monoisotopic (exact) mass is 368 g/mol. The Morgan fingerprint density at radius 2 is 1.43 bits per heavy atom. The Bertz CT molecular complexity index is 975. The second-order valence-electron chi connectivity index (χ2n) is 12.7. The lowest BCUT2D eigenvalue weighted by Crippen LogP contribution is -2.44. The van der Waals surface area contributed by atoms with E-state index in [0.29, 0.717) is 5.92 Å². The topological polar surface area (TPSA) is 17.1 Å². The summed E-state index contributed by atoms with van der Waals surface area (Å²) in [7, 11) is 0. The highest BCUT2D eigenvalue weighted by molar-refractivity contribution is 5.93. The average Bonchev–Trinajstić information content (AvgIpc) is 3.47. The molecule has 1 aromatic rings. The summed E-state index contributed by atoms with van der Waals surface area (Å²) >= 11 is 0. The Morgan fingerprint density at radius 3 is 2.32 bits per heavy atom. The van der Waals surface area contributed by atoms with Crippen LogP contribution in [0.25, 0.3) is 0 Å². The molecule has 0 aromatic heterocycles. The smallest absolute Gasteiger partial charge is 0.143 e. The van der Waals surface area contributed by atoms with Gasteiger partial charge in [-0.15, -0.1) is 0 Å². The quantitative estimate of drug-likeness (QED) is 0.760. The van der Waals surface area contributed by atoms with E-state index >= 15 is 0 Å². The first-order chi connectivity index (χ1) is 13.8. The lowest BCUT2D eigenvalue weighted by molar-refractivity contribution is -0.134. The fraction of sp³-hybridized carbons (Fsp3) is 0.741. The van der Waals surface area contributed by atoms with E-state index in [-0.39, 0.29) is 5.41 Å². The van der Waals surface area contributed by atoms with Gasteiger partial charge in [0, 0.05) is 11.3 Å². The molecule has 0 saturated heterocycles. The highest BCUT2D eigenvalue weighted by atomic mass is 16.1. The van der Waals surface area contributed by atoms with Crippen molar-refractivity contribution in [1.29, 1.82) is 0 Å². The summed E-state index contributed by atoms with van der Waals surface area (Å²) in [6.45, 7) is 0. The maximum atomic E-state index is 14.4. The van der Waals surface area contributed by atoms with E-state index in [2.05, 4.69) is 30.3 Å². The fourth-order valence-corrected chi connectivity index (χ4v) is 14.2. The number of fused-ring (bicyclic) bond motifs is 4. The van der Waals surface area contributed by atoms with Gasteiger partial charge in [0.1, 0.15) is 5.78 Å². The zero-order valence-electron chi connectivity index (χ0n) is 16.3.